The topological polar surface area (TPSA) is 129 Å². The largest absolute Gasteiger partial charge is 0.423 e. The van der Waals surface area contributed by atoms with E-state index >= 15 is 0 Å². The van der Waals surface area contributed by atoms with Crippen LogP contribution >= 0.6 is 11.9 Å². The minimum atomic E-state index is -3.79. The molecule has 0 bridgehead atoms. The molecular weight excluding hydrogens is 464 g/mol. The number of benzene rings is 2. The third kappa shape index (κ3) is 4.37. The van der Waals surface area contributed by atoms with Gasteiger partial charge in [0.15, 0.2) is 0 Å². The Morgan fingerprint density at radius 3 is 2.42 bits per heavy atom. The van der Waals surface area contributed by atoms with Gasteiger partial charge in [-0.2, -0.15) is 9.39 Å². The summed E-state index contributed by atoms with van der Waals surface area (Å²) in [7, 11) is -3.79. The average Bonchev–Trinajstić information content (AvgIpc) is 3.23. The number of ether oxygens (including phenoxy) is 1. The highest BCUT2D eigenvalue weighted by atomic mass is 32.2. The van der Waals surface area contributed by atoms with Crippen LogP contribution in [0, 0.1) is 5.41 Å². The van der Waals surface area contributed by atoms with Crippen molar-refractivity contribution in [2.75, 3.05) is 0 Å². The molecule has 9 nitrogen and oxygen atoms in total. The van der Waals surface area contributed by atoms with E-state index in [9.17, 15) is 18.0 Å². The molecule has 0 fully saturated rings. The van der Waals surface area contributed by atoms with Crippen LogP contribution < -0.4 is 4.74 Å². The molecule has 33 heavy (non-hydrogen) atoms. The zero-order valence-electron chi connectivity index (χ0n) is 17.6. The Morgan fingerprint density at radius 1 is 1.12 bits per heavy atom. The standard InChI is InChI=1S/C22H18N4O5S2/c1-13(2)33(29,30)22-25-32-21-24-19(27)17(18(23)26(21)22)12-14-8-10-16(11-9-14)31-20(28)15-6-4-3-5-7-15/h3-13,23H,1-2H3/b17-12-,23-18?. The number of nitrogens with zero attached hydrogens (tertiary/aromatic N) is 3. The maximum Gasteiger partial charge on any atom is 0.343 e. The maximum atomic E-state index is 12.6. The third-order valence-electron chi connectivity index (χ3n) is 4.78. The van der Waals surface area contributed by atoms with Crippen LogP contribution in [0.25, 0.3) is 6.08 Å². The molecule has 1 amide bonds. The van der Waals surface area contributed by atoms with Crippen LogP contribution in [-0.4, -0.2) is 46.6 Å². The van der Waals surface area contributed by atoms with Crippen LogP contribution in [0.4, 0.5) is 0 Å². The van der Waals surface area contributed by atoms with Gasteiger partial charge in [0.1, 0.15) is 11.6 Å². The van der Waals surface area contributed by atoms with Crippen LogP contribution in [0.5, 0.6) is 5.75 Å². The lowest BCUT2D eigenvalue weighted by molar-refractivity contribution is -0.114. The van der Waals surface area contributed by atoms with Crippen molar-refractivity contribution in [2.24, 2.45) is 9.39 Å². The van der Waals surface area contributed by atoms with Crippen LogP contribution in [-0.2, 0) is 14.6 Å². The van der Waals surface area contributed by atoms with Crippen molar-refractivity contribution >= 4 is 55.9 Å². The fourth-order valence-electron chi connectivity index (χ4n) is 2.93. The molecule has 0 atom stereocenters. The Morgan fingerprint density at radius 2 is 1.79 bits per heavy atom. The predicted octanol–water partition coefficient (Wildman–Crippen LogP) is 3.31. The van der Waals surface area contributed by atoms with Crippen molar-refractivity contribution < 1.29 is 22.7 Å². The quantitative estimate of drug-likeness (QED) is 0.306. The molecule has 0 unspecified atom stereocenters. The molecule has 2 aliphatic rings. The number of esters is 1. The number of fused-ring (bicyclic) bond motifs is 1. The van der Waals surface area contributed by atoms with Gasteiger partial charge in [-0.25, -0.2) is 18.1 Å². The third-order valence-corrected chi connectivity index (χ3v) is 7.62. The molecule has 4 rings (SSSR count). The smallest absolute Gasteiger partial charge is 0.343 e. The number of nitrogens with one attached hydrogen (secondary N) is 1. The molecule has 0 aromatic heterocycles. The Kier molecular flexibility index (Phi) is 6.00. The number of sulfone groups is 1. The van der Waals surface area contributed by atoms with Crippen LogP contribution in [0.3, 0.4) is 0 Å². The van der Waals surface area contributed by atoms with E-state index < -0.39 is 27.0 Å². The van der Waals surface area contributed by atoms with Gasteiger partial charge < -0.3 is 4.74 Å². The summed E-state index contributed by atoms with van der Waals surface area (Å²) in [6.45, 7) is 3.03. The van der Waals surface area contributed by atoms with Crippen LogP contribution in [0.15, 0.2) is 69.6 Å². The lowest BCUT2D eigenvalue weighted by Gasteiger charge is -2.25. The van der Waals surface area contributed by atoms with Crippen molar-refractivity contribution in [3.05, 3.63) is 71.3 Å². The first-order chi connectivity index (χ1) is 15.7. The van der Waals surface area contributed by atoms with Crippen LogP contribution in [0.1, 0.15) is 29.8 Å². The van der Waals surface area contributed by atoms with Gasteiger partial charge in [0, 0.05) is 0 Å². The first-order valence-electron chi connectivity index (χ1n) is 9.78. The highest BCUT2D eigenvalue weighted by Crippen LogP contribution is 2.31. The van der Waals surface area contributed by atoms with Gasteiger partial charge >= 0.3 is 5.97 Å². The Hall–Kier alpha value is -3.57. The molecule has 0 saturated heterocycles. The van der Waals surface area contributed by atoms with Gasteiger partial charge in [-0.1, -0.05) is 30.3 Å². The number of rotatable bonds is 4. The molecule has 168 valence electrons. The van der Waals surface area contributed by atoms with E-state index in [4.69, 9.17) is 10.1 Å². The minimum absolute atomic E-state index is 0.0320. The molecule has 2 aromatic carbocycles. The summed E-state index contributed by atoms with van der Waals surface area (Å²) in [5, 5.41) is 7.43. The van der Waals surface area contributed by atoms with Gasteiger partial charge in [-0.05, 0) is 49.8 Å². The number of amides is 1. The number of aliphatic imine (C=N–C) groups is 1. The van der Waals surface area contributed by atoms with Crippen molar-refractivity contribution in [1.29, 1.82) is 5.41 Å². The number of carbonyl (C=O) groups excluding carboxylic acids is 2. The summed E-state index contributed by atoms with van der Waals surface area (Å²) in [5.74, 6) is -1.18. The molecular formula is C22H18N4O5S2. The van der Waals surface area contributed by atoms with E-state index in [-0.39, 0.29) is 21.7 Å². The van der Waals surface area contributed by atoms with Crippen LogP contribution in [0.2, 0.25) is 0 Å². The number of hydrogen-bond donors (Lipinski definition) is 1. The number of amidine groups is 3. The maximum absolute atomic E-state index is 12.6. The highest BCUT2D eigenvalue weighted by Gasteiger charge is 2.43. The summed E-state index contributed by atoms with van der Waals surface area (Å²) in [6, 6.07) is 14.9. The first-order valence-corrected chi connectivity index (χ1v) is 12.1. The molecule has 1 N–H and O–H groups in total. The fraction of sp³-hybridized carbons (Fsp3) is 0.136. The predicted molar refractivity (Wildman–Crippen MR) is 127 cm³/mol. The molecule has 2 aromatic rings. The average molecular weight is 483 g/mol. The Bertz CT molecular complexity index is 1340. The number of hydrogen-bond acceptors (Lipinski definition) is 8. The molecule has 0 saturated carbocycles. The van der Waals surface area contributed by atoms with E-state index in [1.807, 2.05) is 0 Å². The van der Waals surface area contributed by atoms with E-state index in [0.717, 1.165) is 16.8 Å². The summed E-state index contributed by atoms with van der Waals surface area (Å²) < 4.78 is 34.5. The lowest BCUT2D eigenvalue weighted by Crippen LogP contribution is -2.46. The van der Waals surface area contributed by atoms with Gasteiger partial charge in [0.2, 0.25) is 20.2 Å². The van der Waals surface area contributed by atoms with Crippen molar-refractivity contribution in [3.8, 4) is 5.75 Å². The SMILES string of the molecule is CC(C)S(=O)(=O)C1=NSC2=NC(=O)/C(=C\c3ccc(OC(=O)c4ccccc4)cc3)C(=N)N21. The highest BCUT2D eigenvalue weighted by molar-refractivity contribution is 8.16. The minimum Gasteiger partial charge on any atom is -0.423 e. The normalized spacial score (nSPS) is 17.2. The molecule has 2 heterocycles. The molecule has 2 aliphatic heterocycles. The summed E-state index contributed by atoms with van der Waals surface area (Å²) in [4.78, 5) is 29.7. The lowest BCUT2D eigenvalue weighted by atomic mass is 10.1. The molecule has 0 spiro atoms. The van der Waals surface area contributed by atoms with Gasteiger partial charge in [-0.3, -0.25) is 10.2 Å². The number of carbonyl (C=O) groups is 2. The van der Waals surface area contributed by atoms with Crippen molar-refractivity contribution in [3.63, 3.8) is 0 Å². The summed E-state index contributed by atoms with van der Waals surface area (Å²) in [5.41, 5.74) is 0.871. The molecule has 0 aliphatic carbocycles. The zero-order chi connectivity index (χ0) is 23.8. The van der Waals surface area contributed by atoms with E-state index in [1.165, 1.54) is 19.9 Å². The zero-order valence-corrected chi connectivity index (χ0v) is 19.2. The molecule has 0 radical (unpaired) electrons. The van der Waals surface area contributed by atoms with Gasteiger partial charge in [0.25, 0.3) is 5.91 Å². The van der Waals surface area contributed by atoms with Gasteiger partial charge in [-0.15, -0.1) is 0 Å². The van der Waals surface area contributed by atoms with Crippen molar-refractivity contribution in [2.45, 2.75) is 19.1 Å². The monoisotopic (exact) mass is 482 g/mol. The van der Waals surface area contributed by atoms with Crippen molar-refractivity contribution in [1.82, 2.24) is 4.90 Å². The van der Waals surface area contributed by atoms with E-state index in [1.54, 1.807) is 54.6 Å². The first kappa shape index (κ1) is 22.6. The van der Waals surface area contributed by atoms with E-state index in [0.29, 0.717) is 16.9 Å². The summed E-state index contributed by atoms with van der Waals surface area (Å²) >= 11 is 0.748. The Balaban J connectivity index is 1.57. The summed E-state index contributed by atoms with van der Waals surface area (Å²) in [6.07, 6.45) is 1.43. The molecule has 11 heteroatoms. The second kappa shape index (κ2) is 8.75. The second-order valence-electron chi connectivity index (χ2n) is 7.33. The fourth-order valence-corrected chi connectivity index (χ4v) is 5.00. The van der Waals surface area contributed by atoms with E-state index in [2.05, 4.69) is 9.39 Å². The van der Waals surface area contributed by atoms with Gasteiger partial charge in [0.05, 0.1) is 28.3 Å². The Labute approximate surface area is 194 Å². The second-order valence-corrected chi connectivity index (χ2v) is 10.5.